The third kappa shape index (κ3) is 3.63. The molecular formula is C8H5F2NS2. The summed E-state index contributed by atoms with van der Waals surface area (Å²) in [5, 5.41) is 2.20. The van der Waals surface area contributed by atoms with E-state index in [2.05, 4.69) is 22.4 Å². The van der Waals surface area contributed by atoms with Crippen molar-refractivity contribution in [2.24, 2.45) is 4.99 Å². The van der Waals surface area contributed by atoms with Crippen molar-refractivity contribution in [2.45, 2.75) is 10.7 Å². The molecule has 5 heteroatoms. The van der Waals surface area contributed by atoms with Gasteiger partial charge in [-0.3, -0.25) is 0 Å². The van der Waals surface area contributed by atoms with Gasteiger partial charge in [0.1, 0.15) is 0 Å². The molecule has 0 amide bonds. The van der Waals surface area contributed by atoms with Gasteiger partial charge in [-0.25, -0.2) is 0 Å². The Balaban J connectivity index is 2.75. The maximum atomic E-state index is 11.9. The number of thiocarbonyl (C=S) groups is 1. The van der Waals surface area contributed by atoms with Crippen LogP contribution in [0.1, 0.15) is 0 Å². The SMILES string of the molecule is FC(F)Sc1ccc(N=C=S)cc1. The maximum Gasteiger partial charge on any atom is 0.288 e. The third-order valence-electron chi connectivity index (χ3n) is 1.24. The molecule has 0 saturated heterocycles. The van der Waals surface area contributed by atoms with Crippen molar-refractivity contribution in [3.63, 3.8) is 0 Å². The van der Waals surface area contributed by atoms with E-state index in [1.165, 1.54) is 0 Å². The summed E-state index contributed by atoms with van der Waals surface area (Å²) in [7, 11) is 0. The standard InChI is InChI=1S/C8H5F2NS2/c9-8(10)13-7-3-1-6(2-4-7)11-5-12/h1-4,8H. The first-order valence-corrected chi connectivity index (χ1v) is 4.64. The molecule has 0 aromatic heterocycles. The van der Waals surface area contributed by atoms with Crippen molar-refractivity contribution >= 4 is 34.8 Å². The van der Waals surface area contributed by atoms with Crippen molar-refractivity contribution in [3.8, 4) is 0 Å². The topological polar surface area (TPSA) is 12.4 Å². The van der Waals surface area contributed by atoms with Gasteiger partial charge in [0.05, 0.1) is 10.8 Å². The number of hydrogen-bond donors (Lipinski definition) is 0. The van der Waals surface area contributed by atoms with Crippen molar-refractivity contribution in [3.05, 3.63) is 24.3 Å². The largest absolute Gasteiger partial charge is 0.288 e. The Bertz CT molecular complexity index is 317. The van der Waals surface area contributed by atoms with Gasteiger partial charge >= 0.3 is 0 Å². The Kier molecular flexibility index (Phi) is 4.02. The van der Waals surface area contributed by atoms with Gasteiger partial charge in [0.25, 0.3) is 5.76 Å². The molecule has 1 aromatic carbocycles. The highest BCUT2D eigenvalue weighted by atomic mass is 32.2. The summed E-state index contributed by atoms with van der Waals surface area (Å²) in [5.74, 6) is -2.39. The van der Waals surface area contributed by atoms with E-state index in [4.69, 9.17) is 0 Å². The lowest BCUT2D eigenvalue weighted by molar-refractivity contribution is 0.252. The van der Waals surface area contributed by atoms with Gasteiger partial charge in [-0.05, 0) is 36.5 Å². The summed E-state index contributed by atoms with van der Waals surface area (Å²) < 4.78 is 23.8. The number of aliphatic imine (C=N–C) groups is 1. The van der Waals surface area contributed by atoms with E-state index in [1.807, 2.05) is 0 Å². The molecule has 0 saturated carbocycles. The summed E-state index contributed by atoms with van der Waals surface area (Å²) in [6.07, 6.45) is 0. The Labute approximate surface area is 83.9 Å². The third-order valence-corrected chi connectivity index (χ3v) is 2.05. The molecular weight excluding hydrogens is 212 g/mol. The van der Waals surface area contributed by atoms with Gasteiger partial charge < -0.3 is 0 Å². The quantitative estimate of drug-likeness (QED) is 0.434. The second-order valence-corrected chi connectivity index (χ2v) is 3.32. The zero-order valence-corrected chi connectivity index (χ0v) is 8.04. The normalized spacial score (nSPS) is 9.77. The molecule has 13 heavy (non-hydrogen) atoms. The second-order valence-electron chi connectivity index (χ2n) is 2.08. The molecule has 0 heterocycles. The highest BCUT2D eigenvalue weighted by Gasteiger charge is 2.03. The van der Waals surface area contributed by atoms with Crippen LogP contribution in [0.25, 0.3) is 0 Å². The minimum Gasteiger partial charge on any atom is -0.198 e. The molecule has 68 valence electrons. The van der Waals surface area contributed by atoms with E-state index < -0.39 is 5.76 Å². The lowest BCUT2D eigenvalue weighted by atomic mass is 10.3. The molecule has 0 fully saturated rings. The van der Waals surface area contributed by atoms with E-state index in [9.17, 15) is 8.78 Å². The van der Waals surface area contributed by atoms with Crippen LogP contribution in [0.5, 0.6) is 0 Å². The van der Waals surface area contributed by atoms with Crippen LogP contribution in [-0.4, -0.2) is 10.9 Å². The summed E-state index contributed by atoms with van der Waals surface area (Å²) >= 11 is 4.90. The molecule has 0 radical (unpaired) electrons. The number of rotatable bonds is 3. The average molecular weight is 217 g/mol. The zero-order chi connectivity index (χ0) is 9.68. The predicted molar refractivity (Wildman–Crippen MR) is 53.0 cm³/mol. The number of thioether (sulfide) groups is 1. The summed E-state index contributed by atoms with van der Waals surface area (Å²) in [6.45, 7) is 0. The lowest BCUT2D eigenvalue weighted by Gasteiger charge is -1.98. The fourth-order valence-corrected chi connectivity index (χ4v) is 1.36. The Morgan fingerprint density at radius 1 is 1.31 bits per heavy atom. The first-order valence-electron chi connectivity index (χ1n) is 3.35. The van der Waals surface area contributed by atoms with E-state index in [1.54, 1.807) is 24.3 Å². The van der Waals surface area contributed by atoms with Gasteiger partial charge in [-0.15, -0.1) is 0 Å². The summed E-state index contributed by atoms with van der Waals surface area (Å²) in [4.78, 5) is 4.21. The van der Waals surface area contributed by atoms with Gasteiger partial charge in [-0.1, -0.05) is 11.8 Å². The van der Waals surface area contributed by atoms with Gasteiger partial charge in [-0.2, -0.15) is 13.8 Å². The molecule has 1 rings (SSSR count). The molecule has 0 aliphatic carbocycles. The first-order chi connectivity index (χ1) is 6.22. The first kappa shape index (κ1) is 10.3. The van der Waals surface area contributed by atoms with Crippen LogP contribution < -0.4 is 0 Å². The fraction of sp³-hybridized carbons (Fsp3) is 0.125. The van der Waals surface area contributed by atoms with Gasteiger partial charge in [0.2, 0.25) is 0 Å². The van der Waals surface area contributed by atoms with E-state index in [0.717, 1.165) is 0 Å². The van der Waals surface area contributed by atoms with Crippen LogP contribution in [0.3, 0.4) is 0 Å². The lowest BCUT2D eigenvalue weighted by Crippen LogP contribution is -1.79. The van der Waals surface area contributed by atoms with Crippen LogP contribution in [0.4, 0.5) is 14.5 Å². The maximum absolute atomic E-state index is 11.9. The molecule has 0 aliphatic heterocycles. The number of benzene rings is 1. The van der Waals surface area contributed by atoms with Crippen LogP contribution in [-0.2, 0) is 0 Å². The molecule has 1 aromatic rings. The molecule has 0 aliphatic rings. The van der Waals surface area contributed by atoms with E-state index >= 15 is 0 Å². The number of hydrogen-bond acceptors (Lipinski definition) is 3. The van der Waals surface area contributed by atoms with Crippen LogP contribution >= 0.6 is 24.0 Å². The Hall–Kier alpha value is -0.770. The molecule has 0 bridgehead atoms. The van der Waals surface area contributed by atoms with Crippen molar-refractivity contribution < 1.29 is 8.78 Å². The minimum atomic E-state index is -2.39. The highest BCUT2D eigenvalue weighted by molar-refractivity contribution is 7.99. The number of nitrogens with zero attached hydrogens (tertiary/aromatic N) is 1. The van der Waals surface area contributed by atoms with Gasteiger partial charge in [0, 0.05) is 4.90 Å². The summed E-state index contributed by atoms with van der Waals surface area (Å²) in [5.41, 5.74) is 0.619. The molecule has 0 N–H and O–H groups in total. The van der Waals surface area contributed by atoms with E-state index in [0.29, 0.717) is 22.3 Å². The fourth-order valence-electron chi connectivity index (χ4n) is 0.755. The molecule has 0 unspecified atom stereocenters. The molecule has 0 spiro atoms. The number of halogens is 2. The van der Waals surface area contributed by atoms with Crippen molar-refractivity contribution in [2.75, 3.05) is 0 Å². The summed E-state index contributed by atoms with van der Waals surface area (Å²) in [6, 6.07) is 6.37. The predicted octanol–water partition coefficient (Wildman–Crippen LogP) is 3.74. The number of isothiocyanates is 1. The van der Waals surface area contributed by atoms with Crippen LogP contribution in [0, 0.1) is 0 Å². The van der Waals surface area contributed by atoms with Crippen LogP contribution in [0.15, 0.2) is 34.2 Å². The van der Waals surface area contributed by atoms with Crippen molar-refractivity contribution in [1.82, 2.24) is 0 Å². The molecule has 1 nitrogen and oxygen atoms in total. The zero-order valence-electron chi connectivity index (χ0n) is 6.41. The van der Waals surface area contributed by atoms with Gasteiger partial charge in [0.15, 0.2) is 0 Å². The second kappa shape index (κ2) is 5.07. The average Bonchev–Trinajstić information content (AvgIpc) is 2.08. The monoisotopic (exact) mass is 217 g/mol. The minimum absolute atomic E-state index is 0.504. The van der Waals surface area contributed by atoms with Crippen LogP contribution in [0.2, 0.25) is 0 Å². The van der Waals surface area contributed by atoms with E-state index in [-0.39, 0.29) is 0 Å². The van der Waals surface area contributed by atoms with Crippen molar-refractivity contribution in [1.29, 1.82) is 0 Å². The Morgan fingerprint density at radius 2 is 1.92 bits per heavy atom. The molecule has 0 atom stereocenters. The smallest absolute Gasteiger partial charge is 0.198 e. The number of alkyl halides is 2. The highest BCUT2D eigenvalue weighted by Crippen LogP contribution is 2.26. The Morgan fingerprint density at radius 3 is 2.38 bits per heavy atom.